The minimum absolute atomic E-state index is 0.0260. The van der Waals surface area contributed by atoms with E-state index in [0.717, 1.165) is 15.2 Å². The number of carbonyl (C=O) groups excluding carboxylic acids is 2. The fourth-order valence-electron chi connectivity index (χ4n) is 2.70. The lowest BCUT2D eigenvalue weighted by Crippen LogP contribution is -2.41. The summed E-state index contributed by atoms with van der Waals surface area (Å²) in [5.74, 6) is 0.168. The Morgan fingerprint density at radius 2 is 1.89 bits per heavy atom. The minimum Gasteiger partial charge on any atom is -0.350 e. The molecule has 3 aromatic rings. The molecule has 0 bridgehead atoms. The van der Waals surface area contributed by atoms with Crippen LogP contribution in [0.4, 0.5) is 0 Å². The molecule has 0 spiro atoms. The van der Waals surface area contributed by atoms with Crippen molar-refractivity contribution in [1.82, 2.24) is 10.2 Å². The molecule has 0 fully saturated rings. The number of fused-ring (bicyclic) bond motifs is 1. The second kappa shape index (κ2) is 9.58. The van der Waals surface area contributed by atoms with Gasteiger partial charge in [0.15, 0.2) is 0 Å². The van der Waals surface area contributed by atoms with E-state index in [1.54, 1.807) is 16.2 Å². The quantitative estimate of drug-likeness (QED) is 0.580. The average Bonchev–Trinajstić information content (AvgIpc) is 3.22. The Hall–Kier alpha value is -2.31. The number of hydrogen-bond donors (Lipinski definition) is 1. The van der Waals surface area contributed by atoms with Gasteiger partial charge in [0, 0.05) is 16.3 Å². The molecule has 0 saturated carbocycles. The molecule has 3 rings (SSSR count). The van der Waals surface area contributed by atoms with Crippen LogP contribution in [0.25, 0.3) is 10.8 Å². The van der Waals surface area contributed by atoms with Crippen LogP contribution >= 0.6 is 23.1 Å². The van der Waals surface area contributed by atoms with Gasteiger partial charge in [0.1, 0.15) is 0 Å². The molecule has 0 aliphatic rings. The molecular formula is C21H22N2O2S2. The van der Waals surface area contributed by atoms with Crippen molar-refractivity contribution in [3.8, 4) is 0 Å². The van der Waals surface area contributed by atoms with E-state index in [4.69, 9.17) is 0 Å². The molecule has 4 nitrogen and oxygen atoms in total. The number of thioether (sulfide) groups is 1. The highest BCUT2D eigenvalue weighted by molar-refractivity contribution is 8.00. The van der Waals surface area contributed by atoms with Gasteiger partial charge in [-0.1, -0.05) is 36.4 Å². The first kappa shape index (κ1) is 19.5. The lowest BCUT2D eigenvalue weighted by Gasteiger charge is -2.20. The fourth-order valence-corrected chi connectivity index (χ4v) is 4.19. The van der Waals surface area contributed by atoms with Crippen molar-refractivity contribution in [1.29, 1.82) is 0 Å². The Bertz CT molecular complexity index is 909. The van der Waals surface area contributed by atoms with Gasteiger partial charge in [-0.3, -0.25) is 9.59 Å². The Morgan fingerprint density at radius 1 is 1.07 bits per heavy atom. The number of nitrogens with one attached hydrogen (secondary N) is 1. The summed E-state index contributed by atoms with van der Waals surface area (Å²) >= 11 is 3.11. The van der Waals surface area contributed by atoms with E-state index in [2.05, 4.69) is 29.6 Å². The van der Waals surface area contributed by atoms with Gasteiger partial charge in [-0.15, -0.1) is 23.1 Å². The summed E-state index contributed by atoms with van der Waals surface area (Å²) in [6.07, 6.45) is 0. The summed E-state index contributed by atoms with van der Waals surface area (Å²) < 4.78 is 0. The van der Waals surface area contributed by atoms with E-state index in [1.807, 2.05) is 42.6 Å². The first-order valence-corrected chi connectivity index (χ1v) is 10.7. The molecule has 0 aliphatic heterocycles. The molecule has 0 radical (unpaired) electrons. The molecule has 2 amide bonds. The third-order valence-corrected chi connectivity index (χ3v) is 6.05. The van der Waals surface area contributed by atoms with E-state index >= 15 is 0 Å². The maximum Gasteiger partial charge on any atom is 0.239 e. The molecule has 0 aliphatic carbocycles. The Morgan fingerprint density at radius 3 is 2.63 bits per heavy atom. The maximum absolute atomic E-state index is 12.5. The molecule has 0 saturated heterocycles. The van der Waals surface area contributed by atoms with Gasteiger partial charge in [-0.25, -0.2) is 0 Å². The van der Waals surface area contributed by atoms with Crippen LogP contribution in [0.3, 0.4) is 0 Å². The summed E-state index contributed by atoms with van der Waals surface area (Å²) in [5.41, 5.74) is 0. The smallest absolute Gasteiger partial charge is 0.239 e. The molecule has 27 heavy (non-hydrogen) atoms. The molecule has 1 aromatic heterocycles. The number of nitrogens with zero attached hydrogens (tertiary/aromatic N) is 1. The van der Waals surface area contributed by atoms with Gasteiger partial charge in [-0.2, -0.15) is 0 Å². The maximum atomic E-state index is 12.5. The van der Waals surface area contributed by atoms with E-state index in [-0.39, 0.29) is 18.4 Å². The van der Waals surface area contributed by atoms with Crippen LogP contribution < -0.4 is 5.32 Å². The number of carbonyl (C=O) groups is 2. The summed E-state index contributed by atoms with van der Waals surface area (Å²) in [7, 11) is 0. The Kier molecular flexibility index (Phi) is 6.90. The number of hydrogen-bond acceptors (Lipinski definition) is 4. The van der Waals surface area contributed by atoms with Crippen LogP contribution in [0.2, 0.25) is 0 Å². The zero-order valence-electron chi connectivity index (χ0n) is 15.2. The number of rotatable bonds is 8. The zero-order valence-corrected chi connectivity index (χ0v) is 16.8. The highest BCUT2D eigenvalue weighted by Crippen LogP contribution is 2.23. The van der Waals surface area contributed by atoms with Gasteiger partial charge in [-0.05, 0) is 41.3 Å². The van der Waals surface area contributed by atoms with Crippen molar-refractivity contribution in [3.63, 3.8) is 0 Å². The second-order valence-electron chi connectivity index (χ2n) is 6.06. The minimum atomic E-state index is -0.130. The lowest BCUT2D eigenvalue weighted by atomic mass is 10.1. The first-order chi connectivity index (χ1) is 13.2. The van der Waals surface area contributed by atoms with Crippen molar-refractivity contribution in [3.05, 3.63) is 64.9 Å². The number of benzene rings is 2. The topological polar surface area (TPSA) is 49.4 Å². The van der Waals surface area contributed by atoms with Crippen molar-refractivity contribution < 1.29 is 9.59 Å². The Balaban J connectivity index is 1.50. The molecular weight excluding hydrogens is 376 g/mol. The molecule has 2 aromatic carbocycles. The standard InChI is InChI=1S/C21H22N2O2S2/c1-2-23(14-20(24)22-13-19-8-5-11-26-19)21(25)15-27-18-10-9-16-6-3-4-7-17(16)12-18/h3-12H,2,13-15H2,1H3,(H,22,24). The van der Waals surface area contributed by atoms with Gasteiger partial charge in [0.25, 0.3) is 0 Å². The van der Waals surface area contributed by atoms with Gasteiger partial charge in [0.05, 0.1) is 18.8 Å². The zero-order chi connectivity index (χ0) is 19.1. The Labute approximate surface area is 167 Å². The molecule has 140 valence electrons. The van der Waals surface area contributed by atoms with Crippen LogP contribution in [0.15, 0.2) is 64.9 Å². The van der Waals surface area contributed by atoms with Crippen LogP contribution in [0, 0.1) is 0 Å². The lowest BCUT2D eigenvalue weighted by molar-refractivity contribution is -0.133. The van der Waals surface area contributed by atoms with E-state index in [1.165, 1.54) is 17.1 Å². The monoisotopic (exact) mass is 398 g/mol. The van der Waals surface area contributed by atoms with E-state index < -0.39 is 0 Å². The van der Waals surface area contributed by atoms with E-state index in [9.17, 15) is 9.59 Å². The second-order valence-corrected chi connectivity index (χ2v) is 8.14. The van der Waals surface area contributed by atoms with Crippen molar-refractivity contribution in [2.24, 2.45) is 0 Å². The molecule has 0 atom stereocenters. The van der Waals surface area contributed by atoms with Crippen LogP contribution in [0.5, 0.6) is 0 Å². The first-order valence-electron chi connectivity index (χ1n) is 8.84. The normalized spacial score (nSPS) is 10.7. The van der Waals surface area contributed by atoms with Crippen molar-refractivity contribution >= 4 is 45.7 Å². The fraction of sp³-hybridized carbons (Fsp3) is 0.238. The largest absolute Gasteiger partial charge is 0.350 e. The van der Waals surface area contributed by atoms with Crippen molar-refractivity contribution in [2.75, 3.05) is 18.8 Å². The molecule has 6 heteroatoms. The average molecular weight is 399 g/mol. The van der Waals surface area contributed by atoms with Gasteiger partial charge < -0.3 is 10.2 Å². The summed E-state index contributed by atoms with van der Waals surface area (Å²) in [5, 5.41) is 7.20. The molecule has 1 N–H and O–H groups in total. The van der Waals surface area contributed by atoms with Gasteiger partial charge in [0.2, 0.25) is 11.8 Å². The molecule has 0 unspecified atom stereocenters. The predicted octanol–water partition coefficient (Wildman–Crippen LogP) is 4.16. The predicted molar refractivity (Wildman–Crippen MR) is 113 cm³/mol. The summed E-state index contributed by atoms with van der Waals surface area (Å²) in [6, 6.07) is 18.3. The van der Waals surface area contributed by atoms with Crippen molar-refractivity contribution in [2.45, 2.75) is 18.4 Å². The SMILES string of the molecule is CCN(CC(=O)NCc1cccs1)C(=O)CSc1ccc2ccccc2c1. The van der Waals surface area contributed by atoms with Gasteiger partial charge >= 0.3 is 0 Å². The van der Waals surface area contributed by atoms with E-state index in [0.29, 0.717) is 18.8 Å². The number of likely N-dealkylation sites (N-methyl/N-ethyl adjacent to an activating group) is 1. The highest BCUT2D eigenvalue weighted by atomic mass is 32.2. The van der Waals surface area contributed by atoms with Crippen LogP contribution in [-0.2, 0) is 16.1 Å². The van der Waals surface area contributed by atoms with Crippen LogP contribution in [-0.4, -0.2) is 35.6 Å². The number of thiophene rings is 1. The third-order valence-electron chi connectivity index (χ3n) is 4.19. The summed E-state index contributed by atoms with van der Waals surface area (Å²) in [6.45, 7) is 3.02. The summed E-state index contributed by atoms with van der Waals surface area (Å²) in [4.78, 5) is 28.4. The number of amides is 2. The third kappa shape index (κ3) is 5.58. The molecule has 1 heterocycles. The highest BCUT2D eigenvalue weighted by Gasteiger charge is 2.16. The van der Waals surface area contributed by atoms with Crippen LogP contribution in [0.1, 0.15) is 11.8 Å².